The van der Waals surface area contributed by atoms with Gasteiger partial charge in [-0.15, -0.1) is 0 Å². The molecule has 21 heavy (non-hydrogen) atoms. The van der Waals surface area contributed by atoms with E-state index in [1.165, 1.54) is 0 Å². The number of benzene rings is 2. The fourth-order valence-electron chi connectivity index (χ4n) is 2.30. The second kappa shape index (κ2) is 5.87. The Morgan fingerprint density at radius 3 is 2.86 bits per heavy atom. The summed E-state index contributed by atoms with van der Waals surface area (Å²) < 4.78 is 10.6. The lowest BCUT2D eigenvalue weighted by atomic mass is 10.1. The molecule has 0 fully saturated rings. The zero-order valence-corrected chi connectivity index (χ0v) is 11.9. The molecule has 0 aliphatic carbocycles. The molecule has 2 aromatic carbocycles. The van der Waals surface area contributed by atoms with E-state index in [-0.39, 0.29) is 12.7 Å². The highest BCUT2D eigenvalue weighted by Crippen LogP contribution is 2.32. The molecular weight excluding hydrogens is 266 g/mol. The van der Waals surface area contributed by atoms with E-state index in [1.807, 2.05) is 49.4 Å². The minimum atomic E-state index is 0.0123. The summed E-state index contributed by atoms with van der Waals surface area (Å²) in [5.74, 6) is 1.54. The van der Waals surface area contributed by atoms with Gasteiger partial charge in [0, 0.05) is 12.1 Å². The first kappa shape index (κ1) is 13.5. The minimum Gasteiger partial charge on any atom is -0.454 e. The molecule has 4 nitrogen and oxygen atoms in total. The van der Waals surface area contributed by atoms with Crippen LogP contribution in [0.4, 0.5) is 5.69 Å². The summed E-state index contributed by atoms with van der Waals surface area (Å²) in [5, 5.41) is 2.91. The predicted octanol–water partition coefficient (Wildman–Crippen LogP) is 3.30. The highest BCUT2D eigenvalue weighted by atomic mass is 16.7. The smallest absolute Gasteiger partial charge is 0.231 e. The summed E-state index contributed by atoms with van der Waals surface area (Å²) in [6.07, 6.45) is 1.11. The first-order valence-corrected chi connectivity index (χ1v) is 6.96. The van der Waals surface area contributed by atoms with E-state index >= 15 is 0 Å². The quantitative estimate of drug-likeness (QED) is 0.936. The number of hydrogen-bond acceptors (Lipinski definition) is 3. The molecule has 1 aliphatic rings. The zero-order chi connectivity index (χ0) is 14.7. The summed E-state index contributed by atoms with van der Waals surface area (Å²) in [6.45, 7) is 2.27. The van der Waals surface area contributed by atoms with Gasteiger partial charge in [-0.05, 0) is 48.7 Å². The highest BCUT2D eigenvalue weighted by molar-refractivity contribution is 5.90. The number of amides is 1. The normalized spacial score (nSPS) is 12.2. The number of ether oxygens (including phenoxy) is 2. The van der Waals surface area contributed by atoms with E-state index in [4.69, 9.17) is 9.47 Å². The van der Waals surface area contributed by atoms with Gasteiger partial charge in [0.2, 0.25) is 12.7 Å². The van der Waals surface area contributed by atoms with Crippen LogP contribution < -0.4 is 14.8 Å². The molecule has 0 bridgehead atoms. The number of carbonyl (C=O) groups excluding carboxylic acids is 1. The standard InChI is InChI=1S/C17H17NO3/c1-12-3-2-4-14(9-12)18-17(19)8-6-13-5-7-15-16(10-13)21-11-20-15/h2-5,7,9-10H,6,8,11H2,1H3,(H,18,19). The Morgan fingerprint density at radius 2 is 2.00 bits per heavy atom. The summed E-state index contributed by atoms with van der Waals surface area (Å²) in [4.78, 5) is 12.0. The van der Waals surface area contributed by atoms with E-state index < -0.39 is 0 Å². The minimum absolute atomic E-state index is 0.0123. The van der Waals surface area contributed by atoms with Gasteiger partial charge in [0.25, 0.3) is 0 Å². The Balaban J connectivity index is 1.56. The Morgan fingerprint density at radius 1 is 1.14 bits per heavy atom. The third-order valence-corrected chi connectivity index (χ3v) is 3.38. The van der Waals surface area contributed by atoms with E-state index in [9.17, 15) is 4.79 Å². The van der Waals surface area contributed by atoms with Crippen molar-refractivity contribution in [2.45, 2.75) is 19.8 Å². The van der Waals surface area contributed by atoms with Crippen molar-refractivity contribution in [2.75, 3.05) is 12.1 Å². The van der Waals surface area contributed by atoms with Crippen molar-refractivity contribution < 1.29 is 14.3 Å². The van der Waals surface area contributed by atoms with Crippen molar-refractivity contribution in [1.82, 2.24) is 0 Å². The number of carbonyl (C=O) groups is 1. The Labute approximate surface area is 123 Å². The predicted molar refractivity (Wildman–Crippen MR) is 80.7 cm³/mol. The molecule has 0 radical (unpaired) electrons. The van der Waals surface area contributed by atoms with Crippen molar-refractivity contribution in [3.63, 3.8) is 0 Å². The Kier molecular flexibility index (Phi) is 3.77. The van der Waals surface area contributed by atoms with Crippen LogP contribution in [0.1, 0.15) is 17.5 Å². The lowest BCUT2D eigenvalue weighted by Gasteiger charge is -2.06. The second-order valence-electron chi connectivity index (χ2n) is 5.11. The van der Waals surface area contributed by atoms with Crippen molar-refractivity contribution in [2.24, 2.45) is 0 Å². The van der Waals surface area contributed by atoms with Crippen molar-refractivity contribution in [3.8, 4) is 11.5 Å². The molecule has 1 N–H and O–H groups in total. The molecular formula is C17H17NO3. The maximum atomic E-state index is 12.0. The van der Waals surface area contributed by atoms with Crippen LogP contribution in [-0.4, -0.2) is 12.7 Å². The number of fused-ring (bicyclic) bond motifs is 1. The van der Waals surface area contributed by atoms with Gasteiger partial charge in [-0.1, -0.05) is 18.2 Å². The van der Waals surface area contributed by atoms with Crippen molar-refractivity contribution in [1.29, 1.82) is 0 Å². The van der Waals surface area contributed by atoms with Gasteiger partial charge in [0.05, 0.1) is 0 Å². The van der Waals surface area contributed by atoms with E-state index in [2.05, 4.69) is 5.32 Å². The maximum Gasteiger partial charge on any atom is 0.231 e. The molecule has 2 aromatic rings. The highest BCUT2D eigenvalue weighted by Gasteiger charge is 2.13. The molecule has 0 saturated carbocycles. The molecule has 0 saturated heterocycles. The summed E-state index contributed by atoms with van der Waals surface area (Å²) >= 11 is 0. The lowest BCUT2D eigenvalue weighted by molar-refractivity contribution is -0.116. The molecule has 1 heterocycles. The molecule has 1 amide bonds. The summed E-state index contributed by atoms with van der Waals surface area (Å²) in [5.41, 5.74) is 3.04. The first-order valence-electron chi connectivity index (χ1n) is 6.96. The molecule has 3 rings (SSSR count). The average Bonchev–Trinajstić information content (AvgIpc) is 2.92. The van der Waals surface area contributed by atoms with Gasteiger partial charge >= 0.3 is 0 Å². The van der Waals surface area contributed by atoms with Gasteiger partial charge in [0.15, 0.2) is 11.5 Å². The van der Waals surface area contributed by atoms with Gasteiger partial charge < -0.3 is 14.8 Å². The van der Waals surface area contributed by atoms with Crippen LogP contribution in [0.25, 0.3) is 0 Å². The number of rotatable bonds is 4. The molecule has 1 aliphatic heterocycles. The van der Waals surface area contributed by atoms with Crippen LogP contribution in [0.2, 0.25) is 0 Å². The van der Waals surface area contributed by atoms with Crippen LogP contribution in [0.15, 0.2) is 42.5 Å². The first-order chi connectivity index (χ1) is 10.2. The number of anilines is 1. The molecule has 0 atom stereocenters. The van der Waals surface area contributed by atoms with Gasteiger partial charge in [0.1, 0.15) is 0 Å². The second-order valence-corrected chi connectivity index (χ2v) is 5.11. The maximum absolute atomic E-state index is 12.0. The van der Waals surface area contributed by atoms with Crippen LogP contribution in [0, 0.1) is 6.92 Å². The fourth-order valence-corrected chi connectivity index (χ4v) is 2.30. The average molecular weight is 283 g/mol. The monoisotopic (exact) mass is 283 g/mol. The molecule has 0 unspecified atom stereocenters. The molecule has 108 valence electrons. The SMILES string of the molecule is Cc1cccc(NC(=O)CCc2ccc3c(c2)OCO3)c1. The van der Waals surface area contributed by atoms with E-state index in [0.29, 0.717) is 12.8 Å². The van der Waals surface area contributed by atoms with Gasteiger partial charge in [-0.3, -0.25) is 4.79 Å². The fraction of sp³-hybridized carbons (Fsp3) is 0.235. The van der Waals surface area contributed by atoms with E-state index in [0.717, 1.165) is 28.3 Å². The Hall–Kier alpha value is -2.49. The van der Waals surface area contributed by atoms with Crippen LogP contribution in [0.5, 0.6) is 11.5 Å². The van der Waals surface area contributed by atoms with Crippen LogP contribution in [-0.2, 0) is 11.2 Å². The third kappa shape index (κ3) is 3.34. The summed E-state index contributed by atoms with van der Waals surface area (Å²) in [7, 11) is 0. The largest absolute Gasteiger partial charge is 0.454 e. The van der Waals surface area contributed by atoms with Crippen molar-refractivity contribution >= 4 is 11.6 Å². The van der Waals surface area contributed by atoms with Gasteiger partial charge in [-0.2, -0.15) is 0 Å². The van der Waals surface area contributed by atoms with Crippen molar-refractivity contribution in [3.05, 3.63) is 53.6 Å². The number of hydrogen-bond donors (Lipinski definition) is 1. The van der Waals surface area contributed by atoms with Crippen LogP contribution >= 0.6 is 0 Å². The molecule has 4 heteroatoms. The topological polar surface area (TPSA) is 47.6 Å². The van der Waals surface area contributed by atoms with Gasteiger partial charge in [-0.25, -0.2) is 0 Å². The Bertz CT molecular complexity index is 667. The lowest BCUT2D eigenvalue weighted by Crippen LogP contribution is -2.12. The molecule has 0 aromatic heterocycles. The van der Waals surface area contributed by atoms with Crippen LogP contribution in [0.3, 0.4) is 0 Å². The number of nitrogens with one attached hydrogen (secondary N) is 1. The molecule has 0 spiro atoms. The van der Waals surface area contributed by atoms with E-state index in [1.54, 1.807) is 0 Å². The summed E-state index contributed by atoms with van der Waals surface area (Å²) in [6, 6.07) is 13.6. The zero-order valence-electron chi connectivity index (χ0n) is 11.9. The third-order valence-electron chi connectivity index (χ3n) is 3.38. The number of aryl methyl sites for hydroxylation is 2.